The minimum atomic E-state index is -1.85. The molecule has 0 radical (unpaired) electrons. The molecule has 2 N–H and O–H groups in total. The summed E-state index contributed by atoms with van der Waals surface area (Å²) < 4.78 is 5.09. The number of cyclic esters (lactones) is 1. The number of ketones is 1. The van der Waals surface area contributed by atoms with Crippen LogP contribution in [-0.2, 0) is 20.9 Å². The van der Waals surface area contributed by atoms with Crippen molar-refractivity contribution in [2.45, 2.75) is 67.0 Å². The first-order chi connectivity index (χ1) is 15.2. The number of ether oxygens (including phenoxy) is 1. The lowest BCUT2D eigenvalue weighted by molar-refractivity contribution is -0.163. The number of Topliss-reactive ketones (excluding diaryl/α,β-unsaturated/α-hetero) is 1. The van der Waals surface area contributed by atoms with Crippen molar-refractivity contribution in [3.8, 4) is 0 Å². The van der Waals surface area contributed by atoms with Gasteiger partial charge in [0.25, 0.3) is 0 Å². The van der Waals surface area contributed by atoms with Crippen molar-refractivity contribution in [2.75, 3.05) is 6.61 Å². The lowest BCUT2D eigenvalue weighted by Crippen LogP contribution is -2.46. The summed E-state index contributed by atoms with van der Waals surface area (Å²) in [6, 6.07) is 4.08. The Morgan fingerprint density at radius 3 is 2.56 bits per heavy atom. The lowest BCUT2D eigenvalue weighted by atomic mass is 9.83. The van der Waals surface area contributed by atoms with Gasteiger partial charge in [0, 0.05) is 28.6 Å². The Morgan fingerprint density at radius 1 is 1.25 bits per heavy atom. The molecule has 4 rings (SSSR count). The number of fused-ring (bicyclic) bond motifs is 2. The van der Waals surface area contributed by atoms with E-state index in [2.05, 4.69) is 32.2 Å². The van der Waals surface area contributed by atoms with Crippen LogP contribution in [0.2, 0.25) is 0 Å². The van der Waals surface area contributed by atoms with E-state index in [-0.39, 0.29) is 18.8 Å². The molecular weight excluding hydrogens is 404 g/mol. The van der Waals surface area contributed by atoms with Crippen LogP contribution in [0.5, 0.6) is 0 Å². The SMILES string of the molecule is CC.CC[C@@]1(O)C(=O)OCC(C(C)=O)=C1/C=C1\NCc2c1nc1ccc(C)c(C)c1c2C. The highest BCUT2D eigenvalue weighted by Crippen LogP contribution is 2.37. The Kier molecular flexibility index (Phi) is 6.56. The van der Waals surface area contributed by atoms with E-state index in [1.165, 1.54) is 23.6 Å². The second-order valence-corrected chi connectivity index (χ2v) is 8.12. The van der Waals surface area contributed by atoms with Gasteiger partial charge in [-0.2, -0.15) is 0 Å². The zero-order valence-corrected chi connectivity index (χ0v) is 20.0. The summed E-state index contributed by atoms with van der Waals surface area (Å²) in [6.45, 7) is 13.9. The zero-order valence-electron chi connectivity index (χ0n) is 20.0. The number of hydrogen-bond acceptors (Lipinski definition) is 6. The van der Waals surface area contributed by atoms with Gasteiger partial charge in [-0.1, -0.05) is 26.8 Å². The van der Waals surface area contributed by atoms with Crippen LogP contribution >= 0.6 is 0 Å². The van der Waals surface area contributed by atoms with Gasteiger partial charge in [-0.3, -0.25) is 4.79 Å². The van der Waals surface area contributed by atoms with Gasteiger partial charge in [0.05, 0.1) is 16.9 Å². The van der Waals surface area contributed by atoms with E-state index in [0.717, 1.165) is 22.2 Å². The smallest absolute Gasteiger partial charge is 0.343 e. The molecule has 170 valence electrons. The maximum atomic E-state index is 12.4. The number of carbonyl (C=O) groups excluding carboxylic acids is 2. The molecule has 0 aliphatic carbocycles. The largest absolute Gasteiger partial charge is 0.458 e. The maximum absolute atomic E-state index is 12.4. The monoisotopic (exact) mass is 436 g/mol. The number of carbonyl (C=O) groups is 2. The fourth-order valence-corrected chi connectivity index (χ4v) is 4.38. The van der Waals surface area contributed by atoms with Gasteiger partial charge < -0.3 is 15.2 Å². The quantitative estimate of drug-likeness (QED) is 0.701. The molecule has 1 aromatic heterocycles. The molecule has 0 saturated heterocycles. The number of esters is 1. The summed E-state index contributed by atoms with van der Waals surface area (Å²) in [5, 5.41) is 15.6. The van der Waals surface area contributed by atoms with E-state index >= 15 is 0 Å². The Balaban J connectivity index is 0.00000141. The van der Waals surface area contributed by atoms with Gasteiger partial charge in [0.15, 0.2) is 11.4 Å². The van der Waals surface area contributed by atoms with Crippen molar-refractivity contribution in [3.05, 3.63) is 57.3 Å². The van der Waals surface area contributed by atoms with Gasteiger partial charge in [-0.05, 0) is 62.9 Å². The van der Waals surface area contributed by atoms with E-state index in [4.69, 9.17) is 9.72 Å². The molecule has 0 spiro atoms. The van der Waals surface area contributed by atoms with Crippen molar-refractivity contribution in [1.82, 2.24) is 10.3 Å². The summed E-state index contributed by atoms with van der Waals surface area (Å²) in [5.74, 6) is -0.956. The molecule has 0 bridgehead atoms. The highest BCUT2D eigenvalue weighted by molar-refractivity contribution is 6.00. The van der Waals surface area contributed by atoms with Gasteiger partial charge >= 0.3 is 5.97 Å². The predicted molar refractivity (Wildman–Crippen MR) is 126 cm³/mol. The van der Waals surface area contributed by atoms with E-state index in [0.29, 0.717) is 23.4 Å². The molecule has 2 aliphatic heterocycles. The normalized spacial score (nSPS) is 21.1. The van der Waals surface area contributed by atoms with Crippen LogP contribution in [0.25, 0.3) is 16.6 Å². The third-order valence-electron chi connectivity index (χ3n) is 6.45. The summed E-state index contributed by atoms with van der Waals surface area (Å²) in [7, 11) is 0. The molecule has 3 heterocycles. The fourth-order valence-electron chi connectivity index (χ4n) is 4.38. The minimum Gasteiger partial charge on any atom is -0.458 e. The predicted octanol–water partition coefficient (Wildman–Crippen LogP) is 4.21. The van der Waals surface area contributed by atoms with Crippen molar-refractivity contribution in [1.29, 1.82) is 0 Å². The molecule has 32 heavy (non-hydrogen) atoms. The molecule has 2 aromatic rings. The van der Waals surface area contributed by atoms with E-state index < -0.39 is 11.6 Å². The molecule has 2 aliphatic rings. The zero-order chi connectivity index (χ0) is 23.8. The van der Waals surface area contributed by atoms with E-state index in [1.54, 1.807) is 13.0 Å². The first-order valence-corrected chi connectivity index (χ1v) is 11.2. The maximum Gasteiger partial charge on any atom is 0.343 e. The molecular formula is C26H32N2O4. The molecule has 0 fully saturated rings. The number of aliphatic hydroxyl groups is 1. The number of aromatic nitrogens is 1. The van der Waals surface area contributed by atoms with Crippen molar-refractivity contribution >= 4 is 28.4 Å². The van der Waals surface area contributed by atoms with E-state index in [1.807, 2.05) is 19.9 Å². The number of hydrogen-bond donors (Lipinski definition) is 2. The second kappa shape index (κ2) is 8.87. The Labute approximate surface area is 189 Å². The average molecular weight is 437 g/mol. The minimum absolute atomic E-state index is 0.108. The number of pyridine rings is 1. The molecule has 6 nitrogen and oxygen atoms in total. The Hall–Kier alpha value is -2.99. The molecule has 1 aromatic carbocycles. The Bertz CT molecular complexity index is 1180. The van der Waals surface area contributed by atoms with Crippen LogP contribution in [0.15, 0.2) is 29.4 Å². The summed E-state index contributed by atoms with van der Waals surface area (Å²) >= 11 is 0. The van der Waals surface area contributed by atoms with Crippen molar-refractivity contribution in [3.63, 3.8) is 0 Å². The summed E-state index contributed by atoms with van der Waals surface area (Å²) in [6.07, 6.45) is 1.81. The number of nitrogens with one attached hydrogen (secondary N) is 1. The Morgan fingerprint density at radius 2 is 1.94 bits per heavy atom. The van der Waals surface area contributed by atoms with Crippen LogP contribution in [0.1, 0.15) is 62.1 Å². The second-order valence-electron chi connectivity index (χ2n) is 8.12. The number of benzene rings is 1. The van der Waals surface area contributed by atoms with Crippen molar-refractivity contribution in [2.24, 2.45) is 0 Å². The van der Waals surface area contributed by atoms with Crippen LogP contribution in [0.3, 0.4) is 0 Å². The highest BCUT2D eigenvalue weighted by Gasteiger charge is 2.45. The van der Waals surface area contributed by atoms with Gasteiger partial charge in [0.2, 0.25) is 0 Å². The van der Waals surface area contributed by atoms with Crippen molar-refractivity contribution < 1.29 is 19.4 Å². The number of nitrogens with zero attached hydrogens (tertiary/aromatic N) is 1. The first-order valence-electron chi connectivity index (χ1n) is 11.2. The fraction of sp³-hybridized carbons (Fsp3) is 0.423. The summed E-state index contributed by atoms with van der Waals surface area (Å²) in [5.41, 5.74) is 5.84. The molecule has 0 unspecified atom stereocenters. The molecule has 0 saturated carbocycles. The summed E-state index contributed by atoms with van der Waals surface area (Å²) in [4.78, 5) is 29.5. The third-order valence-corrected chi connectivity index (χ3v) is 6.45. The molecule has 0 amide bonds. The van der Waals surface area contributed by atoms with Gasteiger partial charge in [-0.25, -0.2) is 9.78 Å². The third kappa shape index (κ3) is 3.62. The van der Waals surface area contributed by atoms with E-state index in [9.17, 15) is 14.7 Å². The van der Waals surface area contributed by atoms with Gasteiger partial charge in [-0.15, -0.1) is 0 Å². The lowest BCUT2D eigenvalue weighted by Gasteiger charge is -2.32. The topological polar surface area (TPSA) is 88.5 Å². The number of rotatable bonds is 3. The van der Waals surface area contributed by atoms with Crippen LogP contribution in [-0.4, -0.2) is 34.1 Å². The average Bonchev–Trinajstić information content (AvgIpc) is 3.18. The van der Waals surface area contributed by atoms with Crippen LogP contribution < -0.4 is 5.32 Å². The first kappa shape index (κ1) is 23.7. The van der Waals surface area contributed by atoms with Crippen LogP contribution in [0, 0.1) is 20.8 Å². The van der Waals surface area contributed by atoms with Crippen LogP contribution in [0.4, 0.5) is 0 Å². The standard InChI is InChI=1S/C24H26N2O4.C2H6/c1-6-24(29)18(17(15(5)27)11-30-23(24)28)9-20-22-16(10-25-20)14(4)21-13(3)12(2)7-8-19(21)26-22;1-2/h7-9,25,29H,6,10-11H2,1-5H3;1-2H3/b20-9-;/t24-;/m0./s1. The molecule has 6 heteroatoms. The highest BCUT2D eigenvalue weighted by atomic mass is 16.6. The number of aryl methyl sites for hydroxylation is 3. The van der Waals surface area contributed by atoms with Gasteiger partial charge in [0.1, 0.15) is 6.61 Å². The molecule has 1 atom stereocenters.